The molecule has 1 unspecified atom stereocenters. The molecule has 3 rings (SSSR count). The van der Waals surface area contributed by atoms with Crippen molar-refractivity contribution in [3.63, 3.8) is 0 Å². The molecule has 3 aromatic rings. The van der Waals surface area contributed by atoms with Crippen molar-refractivity contribution in [2.75, 3.05) is 0 Å². The van der Waals surface area contributed by atoms with Gasteiger partial charge < -0.3 is 0 Å². The topological polar surface area (TPSA) is 23.8 Å². The molecule has 1 atom stereocenters. The standard InChI is InChI=1S/C19H15N/c1-14-9-11-16(12-10-14)19(13-20)18-8-4-6-15-5-2-3-7-17(15)18/h2-12,19H,1H3. The first-order valence-electron chi connectivity index (χ1n) is 6.73. The largest absolute Gasteiger partial charge is 0.197 e. The van der Waals surface area contributed by atoms with E-state index in [1.807, 2.05) is 30.3 Å². The highest BCUT2D eigenvalue weighted by molar-refractivity contribution is 5.87. The highest BCUT2D eigenvalue weighted by atomic mass is 14.3. The molecular weight excluding hydrogens is 242 g/mol. The molecule has 0 aromatic heterocycles. The van der Waals surface area contributed by atoms with Crippen molar-refractivity contribution in [2.24, 2.45) is 0 Å². The maximum Gasteiger partial charge on any atom is 0.0968 e. The molecule has 20 heavy (non-hydrogen) atoms. The smallest absolute Gasteiger partial charge is 0.0968 e. The summed E-state index contributed by atoms with van der Waals surface area (Å²) in [6, 6.07) is 25.0. The van der Waals surface area contributed by atoms with E-state index in [0.717, 1.165) is 16.5 Å². The number of nitrogens with zero attached hydrogens (tertiary/aromatic N) is 1. The first-order chi connectivity index (χ1) is 9.79. The first kappa shape index (κ1) is 12.4. The zero-order chi connectivity index (χ0) is 13.9. The van der Waals surface area contributed by atoms with Gasteiger partial charge in [0.1, 0.15) is 0 Å². The highest BCUT2D eigenvalue weighted by Gasteiger charge is 2.15. The Morgan fingerprint density at radius 2 is 1.55 bits per heavy atom. The van der Waals surface area contributed by atoms with Crippen molar-refractivity contribution in [3.8, 4) is 6.07 Å². The van der Waals surface area contributed by atoms with Gasteiger partial charge in [0.25, 0.3) is 0 Å². The molecule has 0 saturated carbocycles. The summed E-state index contributed by atoms with van der Waals surface area (Å²) in [5.74, 6) is -0.221. The third-order valence-electron chi connectivity index (χ3n) is 3.67. The van der Waals surface area contributed by atoms with E-state index < -0.39 is 0 Å². The second kappa shape index (κ2) is 5.19. The lowest BCUT2D eigenvalue weighted by Gasteiger charge is -2.13. The Hall–Kier alpha value is -2.59. The van der Waals surface area contributed by atoms with Gasteiger partial charge in [-0.3, -0.25) is 0 Å². The molecule has 0 heterocycles. The van der Waals surface area contributed by atoms with E-state index >= 15 is 0 Å². The summed E-state index contributed by atoms with van der Waals surface area (Å²) in [6.07, 6.45) is 0. The van der Waals surface area contributed by atoms with Crippen molar-refractivity contribution >= 4 is 10.8 Å². The molecule has 0 aliphatic carbocycles. The predicted molar refractivity (Wildman–Crippen MR) is 82.6 cm³/mol. The van der Waals surface area contributed by atoms with Crippen LogP contribution in [0.2, 0.25) is 0 Å². The maximum atomic E-state index is 9.61. The maximum absolute atomic E-state index is 9.61. The summed E-state index contributed by atoms with van der Waals surface area (Å²) in [4.78, 5) is 0. The van der Waals surface area contributed by atoms with E-state index in [-0.39, 0.29) is 5.92 Å². The summed E-state index contributed by atoms with van der Waals surface area (Å²) in [5, 5.41) is 11.9. The Bertz CT molecular complexity index is 773. The van der Waals surface area contributed by atoms with Gasteiger partial charge >= 0.3 is 0 Å². The van der Waals surface area contributed by atoms with Crippen LogP contribution < -0.4 is 0 Å². The molecule has 0 amide bonds. The Morgan fingerprint density at radius 1 is 0.850 bits per heavy atom. The first-order valence-corrected chi connectivity index (χ1v) is 6.73. The molecule has 96 valence electrons. The molecule has 0 aliphatic rings. The number of rotatable bonds is 2. The van der Waals surface area contributed by atoms with E-state index in [2.05, 4.69) is 49.4 Å². The number of benzene rings is 3. The average molecular weight is 257 g/mol. The van der Waals surface area contributed by atoms with E-state index in [0.29, 0.717) is 0 Å². The van der Waals surface area contributed by atoms with Gasteiger partial charge in [-0.25, -0.2) is 0 Å². The van der Waals surface area contributed by atoms with Crippen molar-refractivity contribution < 1.29 is 0 Å². The molecule has 3 aromatic carbocycles. The van der Waals surface area contributed by atoms with Crippen LogP contribution in [0.25, 0.3) is 10.8 Å². The van der Waals surface area contributed by atoms with Crippen LogP contribution >= 0.6 is 0 Å². The van der Waals surface area contributed by atoms with E-state index in [4.69, 9.17) is 0 Å². The average Bonchev–Trinajstić information content (AvgIpc) is 2.50. The van der Waals surface area contributed by atoms with Crippen molar-refractivity contribution in [1.82, 2.24) is 0 Å². The Labute approximate surface area is 119 Å². The zero-order valence-corrected chi connectivity index (χ0v) is 11.4. The number of hydrogen-bond donors (Lipinski definition) is 0. The summed E-state index contributed by atoms with van der Waals surface area (Å²) >= 11 is 0. The van der Waals surface area contributed by atoms with Crippen LogP contribution in [0.1, 0.15) is 22.6 Å². The summed E-state index contributed by atoms with van der Waals surface area (Å²) in [6.45, 7) is 2.06. The Balaban J connectivity index is 2.17. The fraction of sp³-hybridized carbons (Fsp3) is 0.105. The van der Waals surface area contributed by atoms with Crippen LogP contribution in [-0.2, 0) is 0 Å². The lowest BCUT2D eigenvalue weighted by molar-refractivity contribution is 1.05. The Kier molecular flexibility index (Phi) is 3.23. The third-order valence-corrected chi connectivity index (χ3v) is 3.67. The van der Waals surface area contributed by atoms with Crippen LogP contribution in [0.15, 0.2) is 66.7 Å². The molecule has 0 bridgehead atoms. The minimum atomic E-state index is -0.221. The normalized spacial score (nSPS) is 12.0. The van der Waals surface area contributed by atoms with Gasteiger partial charge in [0, 0.05) is 0 Å². The summed E-state index contributed by atoms with van der Waals surface area (Å²) in [5.41, 5.74) is 3.34. The predicted octanol–water partition coefficient (Wildman–Crippen LogP) is 4.80. The molecule has 1 heteroatoms. The highest BCUT2D eigenvalue weighted by Crippen LogP contribution is 2.30. The quantitative estimate of drug-likeness (QED) is 0.646. The molecule has 0 N–H and O–H groups in total. The van der Waals surface area contributed by atoms with Gasteiger partial charge in [-0.2, -0.15) is 5.26 Å². The van der Waals surface area contributed by atoms with Crippen LogP contribution in [0.4, 0.5) is 0 Å². The Morgan fingerprint density at radius 3 is 2.30 bits per heavy atom. The van der Waals surface area contributed by atoms with E-state index in [9.17, 15) is 5.26 Å². The summed E-state index contributed by atoms with van der Waals surface area (Å²) in [7, 11) is 0. The molecule has 0 aliphatic heterocycles. The van der Waals surface area contributed by atoms with Gasteiger partial charge in [-0.1, -0.05) is 72.3 Å². The minimum absolute atomic E-state index is 0.221. The lowest BCUT2D eigenvalue weighted by Crippen LogP contribution is -1.99. The molecule has 0 saturated heterocycles. The second-order valence-corrected chi connectivity index (χ2v) is 5.04. The fourth-order valence-electron chi connectivity index (χ4n) is 2.58. The lowest BCUT2D eigenvalue weighted by atomic mass is 9.88. The van der Waals surface area contributed by atoms with Crippen molar-refractivity contribution in [3.05, 3.63) is 83.4 Å². The minimum Gasteiger partial charge on any atom is -0.197 e. The molecular formula is C19H15N. The van der Waals surface area contributed by atoms with Gasteiger partial charge in [0.2, 0.25) is 0 Å². The monoisotopic (exact) mass is 257 g/mol. The molecule has 1 nitrogen and oxygen atoms in total. The molecule has 0 fully saturated rings. The van der Waals surface area contributed by atoms with Crippen LogP contribution in [0, 0.1) is 18.3 Å². The van der Waals surface area contributed by atoms with Crippen LogP contribution in [-0.4, -0.2) is 0 Å². The van der Waals surface area contributed by atoms with Crippen LogP contribution in [0.5, 0.6) is 0 Å². The van der Waals surface area contributed by atoms with E-state index in [1.54, 1.807) is 0 Å². The van der Waals surface area contributed by atoms with Gasteiger partial charge in [-0.05, 0) is 28.8 Å². The number of fused-ring (bicyclic) bond motifs is 1. The number of hydrogen-bond acceptors (Lipinski definition) is 1. The van der Waals surface area contributed by atoms with Crippen molar-refractivity contribution in [1.29, 1.82) is 5.26 Å². The number of aryl methyl sites for hydroxylation is 1. The number of nitriles is 1. The SMILES string of the molecule is Cc1ccc(C(C#N)c2cccc3ccccc23)cc1. The molecule has 0 spiro atoms. The van der Waals surface area contributed by atoms with Crippen LogP contribution in [0.3, 0.4) is 0 Å². The van der Waals surface area contributed by atoms with Gasteiger partial charge in [-0.15, -0.1) is 0 Å². The third kappa shape index (κ3) is 2.17. The van der Waals surface area contributed by atoms with Gasteiger partial charge in [0.05, 0.1) is 12.0 Å². The second-order valence-electron chi connectivity index (χ2n) is 5.04. The summed E-state index contributed by atoms with van der Waals surface area (Å²) < 4.78 is 0. The van der Waals surface area contributed by atoms with Crippen molar-refractivity contribution in [2.45, 2.75) is 12.8 Å². The van der Waals surface area contributed by atoms with Gasteiger partial charge in [0.15, 0.2) is 0 Å². The molecule has 0 radical (unpaired) electrons. The zero-order valence-electron chi connectivity index (χ0n) is 11.4. The van der Waals surface area contributed by atoms with E-state index in [1.165, 1.54) is 10.9 Å². The fourth-order valence-corrected chi connectivity index (χ4v) is 2.58.